The number of nitrogens with zero attached hydrogens (tertiary/aromatic N) is 3. The first-order chi connectivity index (χ1) is 9.13. The van der Waals surface area contributed by atoms with E-state index < -0.39 is 0 Å². The monoisotopic (exact) mass is 326 g/mol. The Morgan fingerprint density at radius 2 is 2.26 bits per heavy atom. The zero-order chi connectivity index (χ0) is 13.4. The Kier molecular flexibility index (Phi) is 3.30. The molecule has 2 aliphatic rings. The number of amides is 2. The van der Waals surface area contributed by atoms with Crippen LogP contribution in [0.25, 0.3) is 0 Å². The Hall–Kier alpha value is -1.37. The van der Waals surface area contributed by atoms with Crippen molar-refractivity contribution >= 4 is 27.7 Å². The van der Waals surface area contributed by atoms with Crippen molar-refractivity contribution in [2.24, 2.45) is 5.92 Å². The van der Waals surface area contributed by atoms with Crippen LogP contribution in [0.15, 0.2) is 16.9 Å². The average Bonchev–Trinajstić information content (AvgIpc) is 2.73. The molecule has 2 amide bonds. The van der Waals surface area contributed by atoms with Gasteiger partial charge in [-0.3, -0.25) is 14.3 Å². The molecule has 19 heavy (non-hydrogen) atoms. The lowest BCUT2D eigenvalue weighted by molar-refractivity contribution is -0.145. The van der Waals surface area contributed by atoms with Crippen LogP contribution in [0.5, 0.6) is 0 Å². The predicted octanol–water partition coefficient (Wildman–Crippen LogP) is 0.555. The lowest BCUT2D eigenvalue weighted by atomic mass is 9.94. The molecule has 0 aliphatic carbocycles. The van der Waals surface area contributed by atoms with E-state index in [9.17, 15) is 9.59 Å². The fourth-order valence-electron chi connectivity index (χ4n) is 2.57. The molecule has 1 aromatic rings. The molecule has 6 nitrogen and oxygen atoms in total. The van der Waals surface area contributed by atoms with E-state index in [1.807, 2.05) is 15.8 Å². The Labute approximate surface area is 119 Å². The summed E-state index contributed by atoms with van der Waals surface area (Å²) < 4.78 is 2.82. The van der Waals surface area contributed by atoms with Crippen LogP contribution in [0.3, 0.4) is 0 Å². The highest BCUT2D eigenvalue weighted by Gasteiger charge is 2.37. The second kappa shape index (κ2) is 4.96. The van der Waals surface area contributed by atoms with Gasteiger partial charge in [-0.15, -0.1) is 0 Å². The molecule has 0 spiro atoms. The number of rotatable bonds is 2. The van der Waals surface area contributed by atoms with Crippen molar-refractivity contribution in [1.29, 1.82) is 0 Å². The van der Waals surface area contributed by atoms with Gasteiger partial charge in [-0.2, -0.15) is 5.10 Å². The van der Waals surface area contributed by atoms with Crippen LogP contribution >= 0.6 is 15.9 Å². The Balaban J connectivity index is 1.55. The van der Waals surface area contributed by atoms with Gasteiger partial charge in [0.1, 0.15) is 0 Å². The molecule has 2 aliphatic heterocycles. The van der Waals surface area contributed by atoms with Gasteiger partial charge < -0.3 is 10.2 Å². The molecular formula is C12H15BrN4O2. The first-order valence-electron chi connectivity index (χ1n) is 6.38. The standard InChI is InChI=1S/C12H15BrN4O2/c13-9-4-15-17(5-9)10-6-16(7-10)12(19)8-1-2-14-11(18)3-8/h4-5,8,10H,1-3,6-7H2,(H,14,18). The zero-order valence-electron chi connectivity index (χ0n) is 10.4. The first kappa shape index (κ1) is 12.7. The van der Waals surface area contributed by atoms with E-state index in [0.29, 0.717) is 26.1 Å². The molecule has 1 aromatic heterocycles. The van der Waals surface area contributed by atoms with E-state index >= 15 is 0 Å². The van der Waals surface area contributed by atoms with Crippen molar-refractivity contribution in [2.45, 2.75) is 18.9 Å². The molecule has 102 valence electrons. The highest BCUT2D eigenvalue weighted by atomic mass is 79.9. The molecule has 3 rings (SSSR count). The van der Waals surface area contributed by atoms with E-state index in [1.54, 1.807) is 6.20 Å². The number of piperidine rings is 1. The Morgan fingerprint density at radius 1 is 1.47 bits per heavy atom. The van der Waals surface area contributed by atoms with Crippen LogP contribution in [-0.2, 0) is 9.59 Å². The van der Waals surface area contributed by atoms with Gasteiger partial charge in [-0.1, -0.05) is 0 Å². The Bertz CT molecular complexity index is 510. The van der Waals surface area contributed by atoms with E-state index in [-0.39, 0.29) is 23.8 Å². The number of likely N-dealkylation sites (tertiary alicyclic amines) is 1. The van der Waals surface area contributed by atoms with Crippen LogP contribution in [-0.4, -0.2) is 46.1 Å². The third-order valence-electron chi connectivity index (χ3n) is 3.71. The topological polar surface area (TPSA) is 67.2 Å². The van der Waals surface area contributed by atoms with E-state index in [0.717, 1.165) is 10.9 Å². The quantitative estimate of drug-likeness (QED) is 0.863. The molecule has 3 heterocycles. The summed E-state index contributed by atoms with van der Waals surface area (Å²) in [7, 11) is 0. The number of carbonyl (C=O) groups is 2. The van der Waals surface area contributed by atoms with Crippen molar-refractivity contribution in [2.75, 3.05) is 19.6 Å². The largest absolute Gasteiger partial charge is 0.356 e. The lowest BCUT2D eigenvalue weighted by Crippen LogP contribution is -2.54. The molecule has 2 fully saturated rings. The predicted molar refractivity (Wildman–Crippen MR) is 71.3 cm³/mol. The third-order valence-corrected chi connectivity index (χ3v) is 4.12. The molecule has 0 bridgehead atoms. The van der Waals surface area contributed by atoms with Gasteiger partial charge in [0.05, 0.1) is 16.7 Å². The fourth-order valence-corrected chi connectivity index (χ4v) is 2.87. The van der Waals surface area contributed by atoms with Crippen molar-refractivity contribution in [3.8, 4) is 0 Å². The molecule has 1 atom stereocenters. The number of hydrogen-bond donors (Lipinski definition) is 1. The Morgan fingerprint density at radius 3 is 2.89 bits per heavy atom. The van der Waals surface area contributed by atoms with E-state index in [4.69, 9.17) is 0 Å². The normalized spacial score (nSPS) is 23.9. The van der Waals surface area contributed by atoms with Crippen LogP contribution in [0.1, 0.15) is 18.9 Å². The molecule has 7 heteroatoms. The van der Waals surface area contributed by atoms with E-state index in [2.05, 4.69) is 26.3 Å². The second-order valence-electron chi connectivity index (χ2n) is 5.08. The maximum Gasteiger partial charge on any atom is 0.226 e. The first-order valence-corrected chi connectivity index (χ1v) is 7.18. The number of aromatic nitrogens is 2. The van der Waals surface area contributed by atoms with Crippen molar-refractivity contribution < 1.29 is 9.59 Å². The van der Waals surface area contributed by atoms with Crippen molar-refractivity contribution in [3.05, 3.63) is 16.9 Å². The maximum absolute atomic E-state index is 12.2. The minimum Gasteiger partial charge on any atom is -0.356 e. The fraction of sp³-hybridized carbons (Fsp3) is 0.583. The summed E-state index contributed by atoms with van der Waals surface area (Å²) in [6.07, 6.45) is 4.74. The number of hydrogen-bond acceptors (Lipinski definition) is 3. The van der Waals surface area contributed by atoms with Crippen molar-refractivity contribution in [3.63, 3.8) is 0 Å². The molecule has 0 aromatic carbocycles. The smallest absolute Gasteiger partial charge is 0.226 e. The van der Waals surface area contributed by atoms with Crippen LogP contribution in [0.2, 0.25) is 0 Å². The average molecular weight is 327 g/mol. The van der Waals surface area contributed by atoms with Gasteiger partial charge in [-0.25, -0.2) is 0 Å². The minimum atomic E-state index is -0.140. The lowest BCUT2D eigenvalue weighted by Gasteiger charge is -2.41. The summed E-state index contributed by atoms with van der Waals surface area (Å²) in [6, 6.07) is 0.257. The molecular weight excluding hydrogens is 312 g/mol. The number of nitrogens with one attached hydrogen (secondary N) is 1. The minimum absolute atomic E-state index is 0.0160. The van der Waals surface area contributed by atoms with Crippen LogP contribution < -0.4 is 5.32 Å². The van der Waals surface area contributed by atoms with Gasteiger partial charge in [-0.05, 0) is 22.4 Å². The van der Waals surface area contributed by atoms with Gasteiger partial charge in [0.25, 0.3) is 0 Å². The SMILES string of the molecule is O=C1CC(C(=O)N2CC(n3cc(Br)cn3)C2)CCN1. The van der Waals surface area contributed by atoms with E-state index in [1.165, 1.54) is 0 Å². The highest BCUT2D eigenvalue weighted by molar-refractivity contribution is 9.10. The molecule has 0 radical (unpaired) electrons. The summed E-state index contributed by atoms with van der Waals surface area (Å²) in [5, 5.41) is 6.97. The molecule has 0 saturated carbocycles. The van der Waals surface area contributed by atoms with Crippen LogP contribution in [0, 0.1) is 5.92 Å². The molecule has 1 N–H and O–H groups in total. The summed E-state index contributed by atoms with van der Waals surface area (Å²) in [6.45, 7) is 1.98. The van der Waals surface area contributed by atoms with Crippen LogP contribution in [0.4, 0.5) is 0 Å². The zero-order valence-corrected chi connectivity index (χ0v) is 12.0. The summed E-state index contributed by atoms with van der Waals surface area (Å²) in [4.78, 5) is 25.3. The van der Waals surface area contributed by atoms with Gasteiger partial charge in [0.2, 0.25) is 11.8 Å². The summed E-state index contributed by atoms with van der Waals surface area (Å²) >= 11 is 3.36. The molecule has 2 saturated heterocycles. The molecule has 1 unspecified atom stereocenters. The number of carbonyl (C=O) groups excluding carboxylic acids is 2. The highest BCUT2D eigenvalue weighted by Crippen LogP contribution is 2.26. The van der Waals surface area contributed by atoms with Crippen molar-refractivity contribution in [1.82, 2.24) is 20.0 Å². The van der Waals surface area contributed by atoms with Gasteiger partial charge >= 0.3 is 0 Å². The number of halogens is 1. The van der Waals surface area contributed by atoms with Gasteiger partial charge in [0, 0.05) is 38.2 Å². The second-order valence-corrected chi connectivity index (χ2v) is 5.99. The summed E-state index contributed by atoms with van der Waals surface area (Å²) in [5.74, 6) is -0.0472. The third kappa shape index (κ3) is 2.51. The summed E-state index contributed by atoms with van der Waals surface area (Å²) in [5.41, 5.74) is 0. The van der Waals surface area contributed by atoms with Gasteiger partial charge in [0.15, 0.2) is 0 Å². The maximum atomic E-state index is 12.2.